The van der Waals surface area contributed by atoms with E-state index in [-0.39, 0.29) is 24.4 Å². The third kappa shape index (κ3) is 8.05. The molecule has 5 nitrogen and oxygen atoms in total. The predicted molar refractivity (Wildman–Crippen MR) is 84.7 cm³/mol. The number of carbonyl (C=O) groups excluding carboxylic acids is 2. The fourth-order valence-corrected chi connectivity index (χ4v) is 2.88. The van der Waals surface area contributed by atoms with Gasteiger partial charge in [0.1, 0.15) is 0 Å². The number of hydrogen-bond acceptors (Lipinski definition) is 3. The Bertz CT molecular complexity index is 315. The molecule has 0 aromatic rings. The Balaban J connectivity index is 2.17. The summed E-state index contributed by atoms with van der Waals surface area (Å²) in [6.07, 6.45) is 9.64. The van der Waals surface area contributed by atoms with E-state index in [1.807, 2.05) is 0 Å². The number of rotatable bonds is 9. The van der Waals surface area contributed by atoms with Crippen LogP contribution in [0.25, 0.3) is 0 Å². The molecule has 1 unspecified atom stereocenters. The lowest BCUT2D eigenvalue weighted by Crippen LogP contribution is -2.45. The number of nitrogens with one attached hydrogen (secondary N) is 2. The van der Waals surface area contributed by atoms with Gasteiger partial charge in [-0.15, -0.1) is 0 Å². The average Bonchev–Trinajstić information content (AvgIpc) is 2.50. The van der Waals surface area contributed by atoms with Crippen LogP contribution >= 0.6 is 0 Å². The number of amides is 2. The second-order valence-corrected chi connectivity index (χ2v) is 6.13. The Labute approximate surface area is 128 Å². The lowest BCUT2D eigenvalue weighted by Gasteiger charge is -2.21. The number of nitrogens with two attached hydrogens (primary N) is 1. The molecule has 21 heavy (non-hydrogen) atoms. The van der Waals surface area contributed by atoms with Crippen LogP contribution in [-0.2, 0) is 9.59 Å². The van der Waals surface area contributed by atoms with Crippen LogP contribution in [-0.4, -0.2) is 30.9 Å². The van der Waals surface area contributed by atoms with Crippen molar-refractivity contribution in [1.82, 2.24) is 10.6 Å². The fraction of sp³-hybridized carbons (Fsp3) is 0.875. The summed E-state index contributed by atoms with van der Waals surface area (Å²) in [6.45, 7) is 2.62. The molecular weight excluding hydrogens is 266 g/mol. The van der Waals surface area contributed by atoms with Crippen molar-refractivity contribution < 1.29 is 9.59 Å². The van der Waals surface area contributed by atoms with Gasteiger partial charge in [0.2, 0.25) is 11.8 Å². The lowest BCUT2D eigenvalue weighted by atomic mass is 9.87. The summed E-state index contributed by atoms with van der Waals surface area (Å²) in [5.41, 5.74) is 5.64. The van der Waals surface area contributed by atoms with Gasteiger partial charge in [0.15, 0.2) is 0 Å². The molecule has 1 aliphatic carbocycles. The molecule has 2 amide bonds. The standard InChI is InChI=1S/C16H31N3O2/c1-2-3-9-14(11-17)19-16(21)12-18-15(20)10-13-7-5-4-6-8-13/h13-14H,2-12,17H2,1H3,(H,18,20)(H,19,21). The molecule has 0 aliphatic heterocycles. The summed E-state index contributed by atoms with van der Waals surface area (Å²) in [4.78, 5) is 23.6. The molecular formula is C16H31N3O2. The van der Waals surface area contributed by atoms with Gasteiger partial charge in [-0.1, -0.05) is 39.0 Å². The van der Waals surface area contributed by atoms with Gasteiger partial charge in [0.05, 0.1) is 6.54 Å². The quantitative estimate of drug-likeness (QED) is 0.605. The molecule has 1 rings (SSSR count). The highest BCUT2D eigenvalue weighted by atomic mass is 16.2. The Morgan fingerprint density at radius 1 is 1.19 bits per heavy atom. The Morgan fingerprint density at radius 3 is 2.52 bits per heavy atom. The summed E-state index contributed by atoms with van der Waals surface area (Å²) in [5, 5.41) is 5.61. The van der Waals surface area contributed by atoms with E-state index in [2.05, 4.69) is 17.6 Å². The summed E-state index contributed by atoms with van der Waals surface area (Å²) < 4.78 is 0. The summed E-state index contributed by atoms with van der Waals surface area (Å²) in [6, 6.07) is 0.0210. The fourth-order valence-electron chi connectivity index (χ4n) is 2.88. The molecule has 0 radical (unpaired) electrons. The first-order valence-corrected chi connectivity index (χ1v) is 8.41. The first kappa shape index (κ1) is 18.0. The van der Waals surface area contributed by atoms with Gasteiger partial charge < -0.3 is 16.4 Å². The molecule has 1 atom stereocenters. The molecule has 5 heteroatoms. The second kappa shape index (κ2) is 10.6. The van der Waals surface area contributed by atoms with E-state index in [4.69, 9.17) is 5.73 Å². The summed E-state index contributed by atoms with van der Waals surface area (Å²) >= 11 is 0. The number of carbonyl (C=O) groups is 2. The van der Waals surface area contributed by atoms with Crippen LogP contribution in [0.4, 0.5) is 0 Å². The maximum Gasteiger partial charge on any atom is 0.239 e. The first-order valence-electron chi connectivity index (χ1n) is 8.41. The zero-order valence-corrected chi connectivity index (χ0v) is 13.3. The molecule has 122 valence electrons. The van der Waals surface area contributed by atoms with Crippen molar-refractivity contribution in [3.05, 3.63) is 0 Å². The van der Waals surface area contributed by atoms with Crippen LogP contribution < -0.4 is 16.4 Å². The third-order valence-electron chi connectivity index (χ3n) is 4.20. The molecule has 0 aromatic carbocycles. The topological polar surface area (TPSA) is 84.2 Å². The van der Waals surface area contributed by atoms with Crippen LogP contribution in [0.5, 0.6) is 0 Å². The molecule has 1 aliphatic rings. The Kier molecular flexibility index (Phi) is 9.06. The molecule has 4 N–H and O–H groups in total. The SMILES string of the molecule is CCCCC(CN)NC(=O)CNC(=O)CC1CCCCC1. The number of unbranched alkanes of at least 4 members (excludes halogenated alkanes) is 1. The van der Waals surface area contributed by atoms with Crippen molar-refractivity contribution in [3.63, 3.8) is 0 Å². The maximum atomic E-state index is 11.8. The Hall–Kier alpha value is -1.10. The monoisotopic (exact) mass is 297 g/mol. The van der Waals surface area contributed by atoms with Crippen molar-refractivity contribution in [1.29, 1.82) is 0 Å². The largest absolute Gasteiger partial charge is 0.351 e. The smallest absolute Gasteiger partial charge is 0.239 e. The van der Waals surface area contributed by atoms with E-state index in [1.54, 1.807) is 0 Å². The van der Waals surface area contributed by atoms with E-state index in [0.717, 1.165) is 32.1 Å². The van der Waals surface area contributed by atoms with Gasteiger partial charge in [0, 0.05) is 19.0 Å². The third-order valence-corrected chi connectivity index (χ3v) is 4.20. The van der Waals surface area contributed by atoms with Gasteiger partial charge in [-0.3, -0.25) is 9.59 Å². The van der Waals surface area contributed by atoms with Crippen LogP contribution in [0.3, 0.4) is 0 Å². The van der Waals surface area contributed by atoms with Crippen molar-refractivity contribution in [2.75, 3.05) is 13.1 Å². The van der Waals surface area contributed by atoms with Crippen LogP contribution in [0.1, 0.15) is 64.7 Å². The van der Waals surface area contributed by atoms with E-state index in [0.29, 0.717) is 18.9 Å². The molecule has 0 saturated heterocycles. The minimum absolute atomic E-state index is 0.00472. The molecule has 0 bridgehead atoms. The molecule has 0 aromatic heterocycles. The number of hydrogen-bond donors (Lipinski definition) is 3. The van der Waals surface area contributed by atoms with Crippen LogP contribution in [0.15, 0.2) is 0 Å². The van der Waals surface area contributed by atoms with Crippen molar-refractivity contribution in [3.8, 4) is 0 Å². The maximum absolute atomic E-state index is 11.8. The van der Waals surface area contributed by atoms with Crippen molar-refractivity contribution >= 4 is 11.8 Å². The van der Waals surface area contributed by atoms with Gasteiger partial charge in [-0.25, -0.2) is 0 Å². The van der Waals surface area contributed by atoms with Gasteiger partial charge in [-0.05, 0) is 25.2 Å². The second-order valence-electron chi connectivity index (χ2n) is 6.13. The lowest BCUT2D eigenvalue weighted by molar-refractivity contribution is -0.127. The molecule has 1 fully saturated rings. The molecule has 0 heterocycles. The summed E-state index contributed by atoms with van der Waals surface area (Å²) in [7, 11) is 0. The van der Waals surface area contributed by atoms with Gasteiger partial charge >= 0.3 is 0 Å². The van der Waals surface area contributed by atoms with Crippen LogP contribution in [0, 0.1) is 5.92 Å². The minimum atomic E-state index is -0.140. The van der Waals surface area contributed by atoms with E-state index in [9.17, 15) is 9.59 Å². The van der Waals surface area contributed by atoms with Crippen molar-refractivity contribution in [2.24, 2.45) is 11.7 Å². The van der Waals surface area contributed by atoms with Gasteiger partial charge in [0.25, 0.3) is 0 Å². The summed E-state index contributed by atoms with van der Waals surface area (Å²) in [5.74, 6) is 0.358. The highest BCUT2D eigenvalue weighted by molar-refractivity contribution is 5.84. The highest BCUT2D eigenvalue weighted by Gasteiger charge is 2.17. The first-order chi connectivity index (χ1) is 10.2. The Morgan fingerprint density at radius 2 is 1.90 bits per heavy atom. The predicted octanol–water partition coefficient (Wildman–Crippen LogP) is 1.71. The average molecular weight is 297 g/mol. The van der Waals surface area contributed by atoms with E-state index >= 15 is 0 Å². The highest BCUT2D eigenvalue weighted by Crippen LogP contribution is 2.25. The molecule has 1 saturated carbocycles. The zero-order valence-electron chi connectivity index (χ0n) is 13.3. The van der Waals surface area contributed by atoms with E-state index < -0.39 is 0 Å². The molecule has 0 spiro atoms. The van der Waals surface area contributed by atoms with E-state index in [1.165, 1.54) is 19.3 Å². The van der Waals surface area contributed by atoms with Gasteiger partial charge in [-0.2, -0.15) is 0 Å². The van der Waals surface area contributed by atoms with Crippen LogP contribution in [0.2, 0.25) is 0 Å². The van der Waals surface area contributed by atoms with Crippen molar-refractivity contribution in [2.45, 2.75) is 70.8 Å². The normalized spacial score (nSPS) is 17.2. The zero-order chi connectivity index (χ0) is 15.5. The minimum Gasteiger partial charge on any atom is -0.351 e.